The molecule has 1 aliphatic carbocycles. The van der Waals surface area contributed by atoms with E-state index in [4.69, 9.17) is 4.74 Å². The smallest absolute Gasteiger partial charge is 0.309 e. The standard InChI is InChI=1S/C37H55N3O4/c1-26(32-16-9-10-21-38-32)12-11-13-27(2)34-28(3)17-18-31(36(4,43)20-19-30(41)22-33(42)44-34)35-37(23-39-35)24-40(25-37)29-14-7-5-6-8-15-29/h9-13,16-18,21,26,28-31,34-35,39,41,43H,5-8,14-15,19-20,22-25H2,1-4H3/b12-11+,18-17+,27-13+/t26-,28-,30-,31-,34+,35?,36-/m0/s1. The quantitative estimate of drug-likeness (QED) is 0.166. The van der Waals surface area contributed by atoms with Crippen molar-refractivity contribution in [3.05, 3.63) is 66.0 Å². The Hall–Kier alpha value is -2.32. The van der Waals surface area contributed by atoms with Crippen LogP contribution in [0.2, 0.25) is 0 Å². The number of aliphatic hydroxyl groups excluding tert-OH is 1. The number of aromatic nitrogens is 1. The lowest BCUT2D eigenvalue weighted by Gasteiger charge is -2.65. The Labute approximate surface area is 264 Å². The topological polar surface area (TPSA) is 94.9 Å². The van der Waals surface area contributed by atoms with Crippen molar-refractivity contribution in [2.75, 3.05) is 19.6 Å². The van der Waals surface area contributed by atoms with Gasteiger partial charge in [0, 0.05) is 66.8 Å². The maximum Gasteiger partial charge on any atom is 0.309 e. The summed E-state index contributed by atoms with van der Waals surface area (Å²) >= 11 is 0. The molecular formula is C37H55N3O4. The molecule has 1 aromatic rings. The number of hydrogen-bond donors (Lipinski definition) is 3. The van der Waals surface area contributed by atoms with Crippen molar-refractivity contribution in [1.29, 1.82) is 0 Å². The summed E-state index contributed by atoms with van der Waals surface area (Å²) in [6.45, 7) is 11.3. The fourth-order valence-electron chi connectivity index (χ4n) is 7.98. The third-order valence-corrected chi connectivity index (χ3v) is 10.9. The van der Waals surface area contributed by atoms with Crippen LogP contribution in [0.1, 0.15) is 97.1 Å². The van der Waals surface area contributed by atoms with Crippen molar-refractivity contribution in [3.8, 4) is 0 Å². The molecule has 5 rings (SSSR count). The van der Waals surface area contributed by atoms with Gasteiger partial charge in [-0.1, -0.05) is 76.0 Å². The summed E-state index contributed by atoms with van der Waals surface area (Å²) in [7, 11) is 0. The van der Waals surface area contributed by atoms with Crippen molar-refractivity contribution in [3.63, 3.8) is 0 Å². The Morgan fingerprint density at radius 3 is 2.57 bits per heavy atom. The summed E-state index contributed by atoms with van der Waals surface area (Å²) in [6.07, 6.45) is 19.7. The Morgan fingerprint density at radius 1 is 1.16 bits per heavy atom. The lowest BCUT2D eigenvalue weighted by atomic mass is 9.59. The van der Waals surface area contributed by atoms with Crippen molar-refractivity contribution in [2.24, 2.45) is 17.3 Å². The number of hydrogen-bond acceptors (Lipinski definition) is 7. The number of ether oxygens (including phenoxy) is 1. The summed E-state index contributed by atoms with van der Waals surface area (Å²) in [6, 6.07) is 6.81. The Balaban J connectivity index is 1.33. The molecule has 0 amide bonds. The van der Waals surface area contributed by atoms with E-state index >= 15 is 0 Å². The number of aliphatic hydroxyl groups is 2. The molecule has 1 saturated carbocycles. The fraction of sp³-hybridized carbons (Fsp3) is 0.676. The Morgan fingerprint density at radius 2 is 1.91 bits per heavy atom. The first kappa shape index (κ1) is 33.1. The molecular weight excluding hydrogens is 550 g/mol. The van der Waals surface area contributed by atoms with Crippen molar-refractivity contribution >= 4 is 5.97 Å². The minimum absolute atomic E-state index is 0.0739. The SMILES string of the molecule is C/C(=C\C=C\[C@H](C)c1ccccn1)[C@H]1OC(=O)C[C@@H](O)CC[C@](C)(O)[C@H](C2NCC23CN(C2CCCCCC2)C3)/C=C/[C@@H]1C. The number of nitrogens with zero attached hydrogens (tertiary/aromatic N) is 2. The third-order valence-electron chi connectivity index (χ3n) is 10.9. The van der Waals surface area contributed by atoms with E-state index in [9.17, 15) is 15.0 Å². The second kappa shape index (κ2) is 14.4. The molecule has 4 aliphatic rings. The third kappa shape index (κ3) is 7.72. The number of likely N-dealkylation sites (tertiary alicyclic amines) is 1. The van der Waals surface area contributed by atoms with Gasteiger partial charge in [0.15, 0.2) is 0 Å². The van der Waals surface area contributed by atoms with Crippen LogP contribution in [0.25, 0.3) is 0 Å². The van der Waals surface area contributed by atoms with Crippen molar-refractivity contribution in [1.82, 2.24) is 15.2 Å². The van der Waals surface area contributed by atoms with E-state index in [2.05, 4.69) is 47.3 Å². The fourth-order valence-corrected chi connectivity index (χ4v) is 7.98. The van der Waals surface area contributed by atoms with Gasteiger partial charge in [-0.25, -0.2) is 0 Å². The Bertz CT molecular complexity index is 1180. The molecule has 1 aromatic heterocycles. The molecule has 2 saturated heterocycles. The van der Waals surface area contributed by atoms with E-state index < -0.39 is 23.8 Å². The summed E-state index contributed by atoms with van der Waals surface area (Å²) in [5.74, 6) is -0.472. The van der Waals surface area contributed by atoms with E-state index in [0.29, 0.717) is 18.9 Å². The van der Waals surface area contributed by atoms with Crippen LogP contribution in [-0.4, -0.2) is 75.6 Å². The molecule has 3 fully saturated rings. The maximum absolute atomic E-state index is 12.9. The number of pyridine rings is 1. The van der Waals surface area contributed by atoms with Crippen LogP contribution in [-0.2, 0) is 9.53 Å². The van der Waals surface area contributed by atoms with Crippen LogP contribution in [0.5, 0.6) is 0 Å². The molecule has 44 heavy (non-hydrogen) atoms. The monoisotopic (exact) mass is 605 g/mol. The van der Waals surface area contributed by atoms with Gasteiger partial charge in [-0.2, -0.15) is 0 Å². The van der Waals surface area contributed by atoms with Gasteiger partial charge in [-0.05, 0) is 57.2 Å². The van der Waals surface area contributed by atoms with E-state index in [1.54, 1.807) is 6.20 Å². The van der Waals surface area contributed by atoms with Crippen molar-refractivity contribution < 1.29 is 19.7 Å². The second-order valence-corrected chi connectivity index (χ2v) is 14.5. The molecule has 3 aliphatic heterocycles. The normalized spacial score (nSPS) is 35.9. The van der Waals surface area contributed by atoms with E-state index in [1.807, 2.05) is 44.2 Å². The van der Waals surface area contributed by atoms with Gasteiger partial charge >= 0.3 is 5.97 Å². The largest absolute Gasteiger partial charge is 0.457 e. The van der Waals surface area contributed by atoms with Gasteiger partial charge in [0.25, 0.3) is 0 Å². The van der Waals surface area contributed by atoms with E-state index in [0.717, 1.165) is 30.9 Å². The van der Waals surface area contributed by atoms with Gasteiger partial charge in [-0.3, -0.25) is 14.7 Å². The predicted molar refractivity (Wildman–Crippen MR) is 175 cm³/mol. The lowest BCUT2D eigenvalue weighted by Crippen LogP contribution is -2.80. The molecule has 242 valence electrons. The summed E-state index contributed by atoms with van der Waals surface area (Å²) < 4.78 is 6.01. The molecule has 7 heteroatoms. The Kier molecular flexibility index (Phi) is 10.8. The first-order valence-electron chi connectivity index (χ1n) is 17.1. The average Bonchev–Trinajstić information content (AvgIpc) is 3.25. The molecule has 4 heterocycles. The van der Waals surface area contributed by atoms with Crippen LogP contribution in [0, 0.1) is 17.3 Å². The highest BCUT2D eigenvalue weighted by atomic mass is 16.5. The zero-order valence-electron chi connectivity index (χ0n) is 27.3. The number of esters is 1. The van der Waals surface area contributed by atoms with Gasteiger partial charge in [-0.15, -0.1) is 0 Å². The first-order valence-corrected chi connectivity index (χ1v) is 17.1. The minimum Gasteiger partial charge on any atom is -0.457 e. The second-order valence-electron chi connectivity index (χ2n) is 14.5. The number of carbonyl (C=O) groups is 1. The molecule has 0 radical (unpaired) electrons. The summed E-state index contributed by atoms with van der Waals surface area (Å²) in [5.41, 5.74) is 1.10. The van der Waals surface area contributed by atoms with E-state index in [-0.39, 0.29) is 35.6 Å². The number of carbonyl (C=O) groups excluding carboxylic acids is 1. The highest BCUT2D eigenvalue weighted by Crippen LogP contribution is 2.48. The number of rotatable bonds is 6. The minimum atomic E-state index is -1.02. The summed E-state index contributed by atoms with van der Waals surface area (Å²) in [5, 5.41) is 26.4. The first-order chi connectivity index (χ1) is 21.1. The van der Waals surface area contributed by atoms with Crippen LogP contribution in [0.3, 0.4) is 0 Å². The molecule has 1 spiro atoms. The number of allylic oxidation sites excluding steroid dienone is 3. The van der Waals surface area contributed by atoms with E-state index in [1.165, 1.54) is 38.5 Å². The summed E-state index contributed by atoms with van der Waals surface area (Å²) in [4.78, 5) is 20.1. The zero-order valence-corrected chi connectivity index (χ0v) is 27.3. The predicted octanol–water partition coefficient (Wildman–Crippen LogP) is 5.70. The van der Waals surface area contributed by atoms with Gasteiger partial charge in [0.2, 0.25) is 0 Å². The molecule has 3 N–H and O–H groups in total. The van der Waals surface area contributed by atoms with Crippen LogP contribution in [0.15, 0.2) is 60.3 Å². The highest BCUT2D eigenvalue weighted by Gasteiger charge is 2.59. The van der Waals surface area contributed by atoms with Gasteiger partial charge < -0.3 is 20.3 Å². The molecule has 0 aromatic carbocycles. The van der Waals surface area contributed by atoms with Crippen LogP contribution >= 0.6 is 0 Å². The maximum atomic E-state index is 12.9. The molecule has 7 atom stereocenters. The van der Waals surface area contributed by atoms with Crippen molar-refractivity contribution in [2.45, 2.75) is 121 Å². The lowest BCUT2D eigenvalue weighted by molar-refractivity contribution is -0.152. The number of nitrogens with one attached hydrogen (secondary N) is 1. The highest BCUT2D eigenvalue weighted by molar-refractivity contribution is 5.70. The molecule has 7 nitrogen and oxygen atoms in total. The molecule has 1 unspecified atom stereocenters. The zero-order chi connectivity index (χ0) is 31.3. The van der Waals surface area contributed by atoms with Crippen LogP contribution < -0.4 is 5.32 Å². The van der Waals surface area contributed by atoms with Gasteiger partial charge in [0.1, 0.15) is 6.10 Å². The number of cyclic esters (lactones) is 1. The molecule has 0 bridgehead atoms. The average molecular weight is 606 g/mol. The van der Waals surface area contributed by atoms with Crippen LogP contribution in [0.4, 0.5) is 0 Å². The van der Waals surface area contributed by atoms with Gasteiger partial charge in [0.05, 0.1) is 18.1 Å².